The monoisotopic (exact) mass is 273 g/mol. The van der Waals surface area contributed by atoms with Gasteiger partial charge in [-0.2, -0.15) is 0 Å². The zero-order valence-corrected chi connectivity index (χ0v) is 11.5. The Hall–Kier alpha value is -1.04. The van der Waals surface area contributed by atoms with Crippen molar-refractivity contribution in [3.8, 4) is 0 Å². The van der Waals surface area contributed by atoms with Gasteiger partial charge in [0.05, 0.1) is 0 Å². The highest BCUT2D eigenvalue weighted by molar-refractivity contribution is 8.13. The largest absolute Gasteiger partial charge is 0.480 e. The highest BCUT2D eigenvalue weighted by Crippen LogP contribution is 2.22. The Morgan fingerprint density at radius 1 is 1.44 bits per heavy atom. The highest BCUT2D eigenvalue weighted by atomic mass is 32.2. The molecule has 18 heavy (non-hydrogen) atoms. The normalized spacial score (nSPS) is 20.8. The maximum absolute atomic E-state index is 12.1. The van der Waals surface area contributed by atoms with Crippen LogP contribution in [0.4, 0.5) is 0 Å². The molecule has 2 atom stereocenters. The van der Waals surface area contributed by atoms with Gasteiger partial charge < -0.3 is 10.0 Å². The van der Waals surface area contributed by atoms with Crippen LogP contribution in [0.2, 0.25) is 0 Å². The van der Waals surface area contributed by atoms with E-state index in [1.807, 2.05) is 0 Å². The Morgan fingerprint density at radius 2 is 2.11 bits per heavy atom. The molecule has 1 amide bonds. The topological polar surface area (TPSA) is 74.7 Å². The number of carbonyl (C=O) groups is 3. The molecule has 1 saturated heterocycles. The summed E-state index contributed by atoms with van der Waals surface area (Å²) in [6.45, 7) is 4.03. The Balaban J connectivity index is 2.52. The molecule has 1 rings (SSSR count). The van der Waals surface area contributed by atoms with Crippen molar-refractivity contribution < 1.29 is 19.5 Å². The maximum atomic E-state index is 12.1. The number of hydrogen-bond acceptors (Lipinski definition) is 4. The summed E-state index contributed by atoms with van der Waals surface area (Å²) in [5, 5.41) is 9.08. The lowest BCUT2D eigenvalue weighted by atomic mass is 10.1. The second-order valence-corrected chi connectivity index (χ2v) is 5.54. The number of carbonyl (C=O) groups excluding carboxylic acids is 2. The summed E-state index contributed by atoms with van der Waals surface area (Å²) in [6, 6.07) is -0.688. The van der Waals surface area contributed by atoms with Crippen LogP contribution in [0.25, 0.3) is 0 Å². The van der Waals surface area contributed by atoms with Gasteiger partial charge in [0.2, 0.25) is 5.91 Å². The molecule has 1 heterocycles. The molecule has 102 valence electrons. The van der Waals surface area contributed by atoms with E-state index in [9.17, 15) is 14.4 Å². The first-order chi connectivity index (χ1) is 8.47. The van der Waals surface area contributed by atoms with E-state index in [2.05, 4.69) is 0 Å². The van der Waals surface area contributed by atoms with E-state index in [-0.39, 0.29) is 16.9 Å². The molecule has 0 spiro atoms. The predicted octanol–water partition coefficient (Wildman–Crippen LogP) is 1.37. The van der Waals surface area contributed by atoms with Gasteiger partial charge in [-0.15, -0.1) is 0 Å². The van der Waals surface area contributed by atoms with E-state index in [4.69, 9.17) is 5.11 Å². The molecular formula is C12H19NO4S. The van der Waals surface area contributed by atoms with Crippen LogP contribution < -0.4 is 0 Å². The van der Waals surface area contributed by atoms with Crippen molar-refractivity contribution in [2.75, 3.05) is 12.3 Å². The van der Waals surface area contributed by atoms with Crippen molar-refractivity contribution >= 4 is 28.8 Å². The van der Waals surface area contributed by atoms with Crippen molar-refractivity contribution in [3.63, 3.8) is 0 Å². The minimum Gasteiger partial charge on any atom is -0.480 e. The number of aliphatic carboxylic acids is 1. The van der Waals surface area contributed by atoms with Crippen LogP contribution in [0.1, 0.15) is 33.1 Å². The molecule has 0 bridgehead atoms. The molecule has 0 saturated carbocycles. The van der Waals surface area contributed by atoms with Crippen molar-refractivity contribution in [3.05, 3.63) is 0 Å². The van der Waals surface area contributed by atoms with Gasteiger partial charge >= 0.3 is 5.97 Å². The van der Waals surface area contributed by atoms with Gasteiger partial charge in [0, 0.05) is 24.6 Å². The highest BCUT2D eigenvalue weighted by Gasteiger charge is 2.35. The first-order valence-corrected chi connectivity index (χ1v) is 7.14. The van der Waals surface area contributed by atoms with Crippen molar-refractivity contribution in [1.82, 2.24) is 4.90 Å². The lowest BCUT2D eigenvalue weighted by Gasteiger charge is -2.24. The van der Waals surface area contributed by atoms with Gasteiger partial charge in [0.25, 0.3) is 0 Å². The molecule has 5 nitrogen and oxygen atoms in total. The molecule has 1 fully saturated rings. The van der Waals surface area contributed by atoms with E-state index in [0.717, 1.165) is 18.2 Å². The number of nitrogens with zero attached hydrogens (tertiary/aromatic N) is 1. The van der Waals surface area contributed by atoms with Crippen molar-refractivity contribution in [1.29, 1.82) is 0 Å². The smallest absolute Gasteiger partial charge is 0.326 e. The van der Waals surface area contributed by atoms with Gasteiger partial charge in [-0.1, -0.05) is 25.6 Å². The van der Waals surface area contributed by atoms with Gasteiger partial charge in [-0.25, -0.2) is 4.79 Å². The summed E-state index contributed by atoms with van der Waals surface area (Å²) in [6.07, 6.45) is 1.71. The quantitative estimate of drug-likeness (QED) is 0.818. The summed E-state index contributed by atoms with van der Waals surface area (Å²) in [7, 11) is 0. The van der Waals surface area contributed by atoms with Crippen LogP contribution >= 0.6 is 11.8 Å². The number of likely N-dealkylation sites (tertiary alicyclic amines) is 1. The Bertz CT molecular complexity index is 345. The van der Waals surface area contributed by atoms with E-state index < -0.39 is 12.0 Å². The molecule has 0 aromatic heterocycles. The van der Waals surface area contributed by atoms with Crippen molar-refractivity contribution in [2.24, 2.45) is 5.92 Å². The molecule has 1 aliphatic rings. The summed E-state index contributed by atoms with van der Waals surface area (Å²) >= 11 is 1.15. The first kappa shape index (κ1) is 15.0. The summed E-state index contributed by atoms with van der Waals surface area (Å²) in [5.41, 5.74) is 0. The lowest BCUT2D eigenvalue weighted by molar-refractivity contribution is -0.149. The first-order valence-electron chi connectivity index (χ1n) is 6.16. The average Bonchev–Trinajstić information content (AvgIpc) is 2.83. The summed E-state index contributed by atoms with van der Waals surface area (Å²) < 4.78 is 0. The van der Waals surface area contributed by atoms with Crippen LogP contribution in [0.15, 0.2) is 0 Å². The summed E-state index contributed by atoms with van der Waals surface area (Å²) in [5.74, 6) is -0.985. The predicted molar refractivity (Wildman–Crippen MR) is 69.3 cm³/mol. The second-order valence-electron chi connectivity index (χ2n) is 4.47. The molecule has 0 aromatic rings. The molecule has 1 unspecified atom stereocenters. The van der Waals surface area contributed by atoms with Gasteiger partial charge in [0.15, 0.2) is 5.12 Å². The lowest BCUT2D eigenvalue weighted by Crippen LogP contribution is -2.43. The van der Waals surface area contributed by atoms with E-state index in [1.54, 1.807) is 13.8 Å². The number of amides is 1. The van der Waals surface area contributed by atoms with Crippen LogP contribution in [0, 0.1) is 5.92 Å². The maximum Gasteiger partial charge on any atom is 0.326 e. The zero-order chi connectivity index (χ0) is 13.7. The molecule has 0 radical (unpaired) electrons. The van der Waals surface area contributed by atoms with E-state index in [0.29, 0.717) is 25.1 Å². The SMILES string of the molecule is CCC(=O)SCC(C)C(=O)N1CCC[C@H]1C(=O)O. The fourth-order valence-electron chi connectivity index (χ4n) is 1.96. The Labute approximate surface area is 111 Å². The third kappa shape index (κ3) is 3.73. The van der Waals surface area contributed by atoms with Gasteiger partial charge in [-0.3, -0.25) is 9.59 Å². The number of carboxylic acid groups (broad SMARTS) is 1. The molecular weight excluding hydrogens is 254 g/mol. The van der Waals surface area contributed by atoms with Gasteiger partial charge in [0.1, 0.15) is 6.04 Å². The van der Waals surface area contributed by atoms with Gasteiger partial charge in [-0.05, 0) is 12.8 Å². The van der Waals surface area contributed by atoms with E-state index in [1.165, 1.54) is 4.90 Å². The summed E-state index contributed by atoms with van der Waals surface area (Å²) in [4.78, 5) is 35.7. The standard InChI is InChI=1S/C12H19NO4S/c1-3-10(14)18-7-8(2)11(15)13-6-4-5-9(13)12(16)17/h8-9H,3-7H2,1-2H3,(H,16,17)/t8?,9-/m0/s1. The van der Waals surface area contributed by atoms with Crippen LogP contribution in [0.3, 0.4) is 0 Å². The molecule has 0 aliphatic carbocycles. The number of carboxylic acids is 1. The van der Waals surface area contributed by atoms with E-state index >= 15 is 0 Å². The molecule has 0 aromatic carbocycles. The molecule has 1 N–H and O–H groups in total. The number of rotatable bonds is 5. The van der Waals surface area contributed by atoms with Crippen LogP contribution in [-0.4, -0.2) is 45.3 Å². The minimum atomic E-state index is -0.940. The Kier molecular flexibility index (Phi) is 5.65. The average molecular weight is 273 g/mol. The number of hydrogen-bond donors (Lipinski definition) is 1. The van der Waals surface area contributed by atoms with Crippen LogP contribution in [-0.2, 0) is 14.4 Å². The number of thioether (sulfide) groups is 1. The second kappa shape index (κ2) is 6.78. The Morgan fingerprint density at radius 3 is 2.67 bits per heavy atom. The van der Waals surface area contributed by atoms with Crippen LogP contribution in [0.5, 0.6) is 0 Å². The third-order valence-corrected chi connectivity index (χ3v) is 4.30. The molecule has 1 aliphatic heterocycles. The molecule has 6 heteroatoms. The minimum absolute atomic E-state index is 0.0610. The fourth-order valence-corrected chi connectivity index (χ4v) is 2.74. The van der Waals surface area contributed by atoms with Crippen molar-refractivity contribution in [2.45, 2.75) is 39.2 Å². The third-order valence-electron chi connectivity index (χ3n) is 3.03. The zero-order valence-electron chi connectivity index (χ0n) is 10.7. The fraction of sp³-hybridized carbons (Fsp3) is 0.750.